The number of hydrogen-bond acceptors (Lipinski definition) is 4. The van der Waals surface area contributed by atoms with Gasteiger partial charge in [-0.05, 0) is 36.6 Å². The van der Waals surface area contributed by atoms with Crippen LogP contribution in [-0.4, -0.2) is 32.6 Å². The molecule has 2 aromatic heterocycles. The molecule has 2 heterocycles. The van der Waals surface area contributed by atoms with Gasteiger partial charge in [-0.3, -0.25) is 4.79 Å². The lowest BCUT2D eigenvalue weighted by Gasteiger charge is -2.16. The average molecular weight is 322 g/mol. The van der Waals surface area contributed by atoms with Crippen molar-refractivity contribution in [3.8, 4) is 5.69 Å². The number of nitrogens with zero attached hydrogens (tertiary/aromatic N) is 4. The van der Waals surface area contributed by atoms with E-state index in [-0.39, 0.29) is 5.91 Å². The minimum atomic E-state index is -0.0956. The van der Waals surface area contributed by atoms with Crippen molar-refractivity contribution >= 4 is 5.91 Å². The maximum Gasteiger partial charge on any atom is 0.276 e. The molecule has 0 saturated heterocycles. The van der Waals surface area contributed by atoms with Crippen LogP contribution in [0.25, 0.3) is 5.69 Å². The lowest BCUT2D eigenvalue weighted by molar-refractivity contribution is 0.0777. The Morgan fingerprint density at radius 3 is 2.79 bits per heavy atom. The van der Waals surface area contributed by atoms with Crippen LogP contribution in [0.1, 0.15) is 40.6 Å². The monoisotopic (exact) mass is 322 g/mol. The van der Waals surface area contributed by atoms with E-state index < -0.39 is 0 Å². The molecule has 0 aliphatic heterocycles. The van der Waals surface area contributed by atoms with Gasteiger partial charge in [0.2, 0.25) is 0 Å². The Bertz CT molecular complexity index is 832. The highest BCUT2D eigenvalue weighted by atomic mass is 16.3. The van der Waals surface area contributed by atoms with Crippen molar-refractivity contribution in [3.63, 3.8) is 0 Å². The number of oxazole rings is 1. The van der Waals surface area contributed by atoms with E-state index >= 15 is 0 Å². The summed E-state index contributed by atoms with van der Waals surface area (Å²) in [6.07, 6.45) is 7.17. The molecule has 1 aromatic carbocycles. The van der Waals surface area contributed by atoms with Gasteiger partial charge in [0.05, 0.1) is 5.69 Å². The molecule has 0 bridgehead atoms. The van der Waals surface area contributed by atoms with Crippen LogP contribution in [0.2, 0.25) is 0 Å². The summed E-state index contributed by atoms with van der Waals surface area (Å²) in [7, 11) is 1.79. The molecule has 0 unspecified atom stereocenters. The molecular weight excluding hydrogens is 304 g/mol. The SMILES string of the molecule is CN(Cc1ccc(-n2cccn2)cc1)C(=O)c1ncoc1C1CC1. The van der Waals surface area contributed by atoms with Gasteiger partial charge >= 0.3 is 0 Å². The number of hydrogen-bond donors (Lipinski definition) is 0. The number of carbonyl (C=O) groups is 1. The second kappa shape index (κ2) is 5.96. The maximum absolute atomic E-state index is 12.6. The lowest BCUT2D eigenvalue weighted by Crippen LogP contribution is -2.27. The Hall–Kier alpha value is -2.89. The fourth-order valence-corrected chi connectivity index (χ4v) is 2.75. The van der Waals surface area contributed by atoms with E-state index in [1.54, 1.807) is 22.8 Å². The zero-order valence-corrected chi connectivity index (χ0v) is 13.4. The van der Waals surface area contributed by atoms with Gasteiger partial charge in [-0.1, -0.05) is 12.1 Å². The first kappa shape index (κ1) is 14.7. The first-order chi connectivity index (χ1) is 11.7. The Balaban J connectivity index is 1.46. The van der Waals surface area contributed by atoms with Gasteiger partial charge in [-0.15, -0.1) is 0 Å². The number of carbonyl (C=O) groups excluding carboxylic acids is 1. The largest absolute Gasteiger partial charge is 0.447 e. The number of benzene rings is 1. The van der Waals surface area contributed by atoms with E-state index in [1.165, 1.54) is 6.39 Å². The molecule has 1 aliphatic carbocycles. The van der Waals surface area contributed by atoms with Gasteiger partial charge in [0.25, 0.3) is 5.91 Å². The summed E-state index contributed by atoms with van der Waals surface area (Å²) < 4.78 is 7.20. The molecule has 24 heavy (non-hydrogen) atoms. The highest BCUT2D eigenvalue weighted by Crippen LogP contribution is 2.41. The molecular formula is C18H18N4O2. The number of aromatic nitrogens is 3. The molecule has 122 valence electrons. The van der Waals surface area contributed by atoms with Crippen molar-refractivity contribution in [3.05, 3.63) is 66.1 Å². The minimum absolute atomic E-state index is 0.0956. The van der Waals surface area contributed by atoms with Crippen LogP contribution in [0, 0.1) is 0 Å². The normalized spacial score (nSPS) is 13.9. The Morgan fingerprint density at radius 1 is 1.33 bits per heavy atom. The van der Waals surface area contributed by atoms with Gasteiger partial charge in [0, 0.05) is 31.9 Å². The van der Waals surface area contributed by atoms with Crippen LogP contribution < -0.4 is 0 Å². The third-order valence-corrected chi connectivity index (χ3v) is 4.22. The van der Waals surface area contributed by atoms with Crippen LogP contribution in [0.15, 0.2) is 53.5 Å². The fraction of sp³-hybridized carbons (Fsp3) is 0.278. The van der Waals surface area contributed by atoms with Crippen molar-refractivity contribution < 1.29 is 9.21 Å². The smallest absolute Gasteiger partial charge is 0.276 e. The summed E-state index contributed by atoms with van der Waals surface area (Å²) in [5.41, 5.74) is 2.50. The Morgan fingerprint density at radius 2 is 2.12 bits per heavy atom. The topological polar surface area (TPSA) is 64.2 Å². The van der Waals surface area contributed by atoms with E-state index in [2.05, 4.69) is 10.1 Å². The lowest BCUT2D eigenvalue weighted by atomic mass is 10.2. The second-order valence-electron chi connectivity index (χ2n) is 6.12. The zero-order chi connectivity index (χ0) is 16.5. The van der Waals surface area contributed by atoms with E-state index in [0.29, 0.717) is 18.2 Å². The minimum Gasteiger partial charge on any atom is -0.447 e. The van der Waals surface area contributed by atoms with Crippen LogP contribution >= 0.6 is 0 Å². The first-order valence-electron chi connectivity index (χ1n) is 8.00. The summed E-state index contributed by atoms with van der Waals surface area (Å²) in [6.45, 7) is 0.523. The van der Waals surface area contributed by atoms with Crippen LogP contribution in [-0.2, 0) is 6.54 Å². The van der Waals surface area contributed by atoms with Gasteiger partial charge < -0.3 is 9.32 Å². The quantitative estimate of drug-likeness (QED) is 0.724. The molecule has 6 nitrogen and oxygen atoms in total. The van der Waals surface area contributed by atoms with E-state index in [1.807, 2.05) is 36.5 Å². The molecule has 0 spiro atoms. The van der Waals surface area contributed by atoms with E-state index in [0.717, 1.165) is 29.9 Å². The number of rotatable bonds is 5. The summed E-state index contributed by atoms with van der Waals surface area (Å²) in [5.74, 6) is 1.01. The van der Waals surface area contributed by atoms with Crippen molar-refractivity contribution in [2.45, 2.75) is 25.3 Å². The Labute approximate surface area is 139 Å². The van der Waals surface area contributed by atoms with Crippen LogP contribution in [0.5, 0.6) is 0 Å². The van der Waals surface area contributed by atoms with E-state index in [4.69, 9.17) is 4.42 Å². The van der Waals surface area contributed by atoms with Gasteiger partial charge in [0.15, 0.2) is 12.1 Å². The van der Waals surface area contributed by atoms with Crippen molar-refractivity contribution in [1.82, 2.24) is 19.7 Å². The van der Waals surface area contributed by atoms with Gasteiger partial charge in [-0.2, -0.15) is 5.10 Å². The molecule has 0 atom stereocenters. The molecule has 1 amide bonds. The first-order valence-corrected chi connectivity index (χ1v) is 8.00. The molecule has 1 aliphatic rings. The molecule has 6 heteroatoms. The predicted molar refractivity (Wildman–Crippen MR) is 87.8 cm³/mol. The third-order valence-electron chi connectivity index (χ3n) is 4.22. The highest BCUT2D eigenvalue weighted by molar-refractivity contribution is 5.93. The van der Waals surface area contributed by atoms with Crippen molar-refractivity contribution in [1.29, 1.82) is 0 Å². The Kier molecular flexibility index (Phi) is 3.65. The van der Waals surface area contributed by atoms with Crippen LogP contribution in [0.4, 0.5) is 0 Å². The van der Waals surface area contributed by atoms with Gasteiger partial charge in [0.1, 0.15) is 5.76 Å². The van der Waals surface area contributed by atoms with E-state index in [9.17, 15) is 4.79 Å². The number of amides is 1. The molecule has 0 N–H and O–H groups in total. The van der Waals surface area contributed by atoms with Crippen molar-refractivity contribution in [2.75, 3.05) is 7.05 Å². The maximum atomic E-state index is 12.6. The molecule has 1 saturated carbocycles. The predicted octanol–water partition coefficient (Wildman–Crippen LogP) is 3.01. The van der Waals surface area contributed by atoms with Crippen molar-refractivity contribution in [2.24, 2.45) is 0 Å². The highest BCUT2D eigenvalue weighted by Gasteiger charge is 2.33. The average Bonchev–Trinajstić information content (AvgIpc) is 3.11. The molecule has 0 radical (unpaired) electrons. The summed E-state index contributed by atoms with van der Waals surface area (Å²) in [4.78, 5) is 18.4. The summed E-state index contributed by atoms with van der Waals surface area (Å²) in [5, 5.41) is 4.20. The summed E-state index contributed by atoms with van der Waals surface area (Å²) in [6, 6.07) is 9.88. The molecule has 3 aromatic rings. The van der Waals surface area contributed by atoms with Gasteiger partial charge in [-0.25, -0.2) is 9.67 Å². The second-order valence-corrected chi connectivity index (χ2v) is 6.12. The molecule has 4 rings (SSSR count). The van der Waals surface area contributed by atoms with Crippen LogP contribution in [0.3, 0.4) is 0 Å². The summed E-state index contributed by atoms with van der Waals surface area (Å²) >= 11 is 0. The zero-order valence-electron chi connectivity index (χ0n) is 13.4. The fourth-order valence-electron chi connectivity index (χ4n) is 2.75. The molecule has 1 fully saturated rings. The third kappa shape index (κ3) is 2.82. The standard InChI is InChI=1S/C18H18N4O2/c1-21(18(23)16-17(14-5-6-14)24-12-19-16)11-13-3-7-15(8-4-13)22-10-2-9-20-22/h2-4,7-10,12,14H,5-6,11H2,1H3.